The van der Waals surface area contributed by atoms with Gasteiger partial charge in [0.05, 0.1) is 11.8 Å². The predicted molar refractivity (Wildman–Crippen MR) is 105 cm³/mol. The lowest BCUT2D eigenvalue weighted by molar-refractivity contribution is -0.126. The number of aromatic nitrogens is 3. The van der Waals surface area contributed by atoms with Gasteiger partial charge < -0.3 is 20.5 Å². The molecular weight excluding hydrogens is 344 g/mol. The summed E-state index contributed by atoms with van der Waals surface area (Å²) in [7, 11) is 0. The number of carbonyl (C=O) groups excluding carboxylic acids is 2. The summed E-state index contributed by atoms with van der Waals surface area (Å²) >= 11 is 0. The maximum absolute atomic E-state index is 12.5. The molecule has 3 N–H and O–H groups in total. The third-order valence-electron chi connectivity index (χ3n) is 4.95. The highest BCUT2D eigenvalue weighted by molar-refractivity contribution is 6.04. The molecule has 1 aliphatic heterocycles. The van der Waals surface area contributed by atoms with Crippen molar-refractivity contribution in [2.24, 2.45) is 0 Å². The summed E-state index contributed by atoms with van der Waals surface area (Å²) in [6.45, 7) is 8.89. The molecule has 3 heterocycles. The van der Waals surface area contributed by atoms with Gasteiger partial charge in [-0.25, -0.2) is 9.97 Å². The van der Waals surface area contributed by atoms with E-state index in [9.17, 15) is 9.59 Å². The Kier molecular flexibility index (Phi) is 5.73. The number of carbonyl (C=O) groups is 2. The van der Waals surface area contributed by atoms with Crippen LogP contribution in [0.25, 0.3) is 11.2 Å². The highest BCUT2D eigenvalue weighted by atomic mass is 16.2. The Hall–Kier alpha value is -2.90. The Bertz CT molecular complexity index is 838. The first-order valence-corrected chi connectivity index (χ1v) is 9.34. The normalized spacial score (nSPS) is 16.1. The molecule has 2 amide bonds. The fraction of sp³-hybridized carbons (Fsp3) is 0.474. The molecule has 2 aromatic heterocycles. The number of hydrogen-bond acceptors (Lipinski definition) is 5. The minimum atomic E-state index is -0.154. The first kappa shape index (κ1) is 18.9. The molecule has 0 saturated carbocycles. The summed E-state index contributed by atoms with van der Waals surface area (Å²) in [6, 6.07) is 0.308. The number of rotatable bonds is 6. The van der Waals surface area contributed by atoms with E-state index in [0.29, 0.717) is 35.6 Å². The minimum Gasteiger partial charge on any atom is -0.366 e. The van der Waals surface area contributed by atoms with Crippen LogP contribution in [-0.4, -0.2) is 56.8 Å². The summed E-state index contributed by atoms with van der Waals surface area (Å²) < 4.78 is 0. The number of piperidine rings is 1. The number of nitrogens with one attached hydrogen (secondary N) is 3. The highest BCUT2D eigenvalue weighted by Crippen LogP contribution is 2.19. The van der Waals surface area contributed by atoms with Crippen molar-refractivity contribution >= 4 is 28.8 Å². The van der Waals surface area contributed by atoms with Gasteiger partial charge in [-0.3, -0.25) is 9.59 Å². The third-order valence-corrected chi connectivity index (χ3v) is 4.95. The van der Waals surface area contributed by atoms with Crippen LogP contribution in [0.2, 0.25) is 0 Å². The lowest BCUT2D eigenvalue weighted by Crippen LogP contribution is -2.41. The van der Waals surface area contributed by atoms with E-state index in [-0.39, 0.29) is 23.9 Å². The van der Waals surface area contributed by atoms with E-state index >= 15 is 0 Å². The smallest absolute Gasteiger partial charge is 0.255 e. The van der Waals surface area contributed by atoms with Crippen LogP contribution in [0.3, 0.4) is 0 Å². The van der Waals surface area contributed by atoms with Crippen molar-refractivity contribution < 1.29 is 9.59 Å². The lowest BCUT2D eigenvalue weighted by Gasteiger charge is -2.31. The number of H-pyrrole nitrogens is 1. The fourth-order valence-electron chi connectivity index (χ4n) is 3.12. The van der Waals surface area contributed by atoms with Crippen molar-refractivity contribution in [2.45, 2.75) is 45.2 Å². The van der Waals surface area contributed by atoms with Crippen LogP contribution in [0.4, 0.5) is 5.82 Å². The number of hydrogen-bond donors (Lipinski definition) is 3. The van der Waals surface area contributed by atoms with Gasteiger partial charge in [-0.15, -0.1) is 0 Å². The summed E-state index contributed by atoms with van der Waals surface area (Å²) in [4.78, 5) is 37.9. The van der Waals surface area contributed by atoms with Gasteiger partial charge >= 0.3 is 0 Å². The standard InChI is InChI=1S/C19H26N6O2/c1-4-12(3)22-19(27)14-10-20-18-17(14)24-15(11-21-18)23-13-6-8-25(9-7-13)16(26)5-2/h5,10-13H,2,4,6-9H2,1,3H3,(H,20,21)(H,22,27)(H,23,24)/t12-/m1/s1. The molecule has 2 aromatic rings. The maximum Gasteiger partial charge on any atom is 0.255 e. The third kappa shape index (κ3) is 4.27. The van der Waals surface area contributed by atoms with Gasteiger partial charge in [0.2, 0.25) is 5.91 Å². The quantitative estimate of drug-likeness (QED) is 0.676. The average molecular weight is 370 g/mol. The Labute approximate surface area is 158 Å². The summed E-state index contributed by atoms with van der Waals surface area (Å²) in [6.07, 6.45) is 7.17. The zero-order chi connectivity index (χ0) is 19.4. The van der Waals surface area contributed by atoms with Crippen molar-refractivity contribution in [2.75, 3.05) is 18.4 Å². The van der Waals surface area contributed by atoms with Crippen molar-refractivity contribution in [1.29, 1.82) is 0 Å². The van der Waals surface area contributed by atoms with Gasteiger partial charge in [0.15, 0.2) is 5.65 Å². The number of aromatic amines is 1. The molecular formula is C19H26N6O2. The summed E-state index contributed by atoms with van der Waals surface area (Å²) in [5.41, 5.74) is 1.63. The molecule has 1 saturated heterocycles. The van der Waals surface area contributed by atoms with Crippen LogP contribution in [0, 0.1) is 0 Å². The average Bonchev–Trinajstić information content (AvgIpc) is 3.11. The van der Waals surface area contributed by atoms with E-state index in [1.165, 1.54) is 6.08 Å². The van der Waals surface area contributed by atoms with E-state index in [4.69, 9.17) is 0 Å². The number of fused-ring (bicyclic) bond motifs is 1. The van der Waals surface area contributed by atoms with Gasteiger partial charge in [-0.05, 0) is 32.3 Å². The number of anilines is 1. The first-order valence-electron chi connectivity index (χ1n) is 9.34. The zero-order valence-electron chi connectivity index (χ0n) is 15.8. The number of amides is 2. The van der Waals surface area contributed by atoms with E-state index in [1.54, 1.807) is 17.3 Å². The van der Waals surface area contributed by atoms with Crippen LogP contribution < -0.4 is 10.6 Å². The predicted octanol–water partition coefficient (Wildman–Crippen LogP) is 2.08. The van der Waals surface area contributed by atoms with Gasteiger partial charge in [-0.1, -0.05) is 13.5 Å². The van der Waals surface area contributed by atoms with Crippen LogP contribution in [0.15, 0.2) is 25.0 Å². The molecule has 0 radical (unpaired) electrons. The van der Waals surface area contributed by atoms with Gasteiger partial charge in [0, 0.05) is 31.4 Å². The van der Waals surface area contributed by atoms with Crippen LogP contribution in [-0.2, 0) is 4.79 Å². The highest BCUT2D eigenvalue weighted by Gasteiger charge is 2.22. The van der Waals surface area contributed by atoms with Gasteiger partial charge in [-0.2, -0.15) is 0 Å². The molecule has 0 aromatic carbocycles. The monoisotopic (exact) mass is 370 g/mol. The second kappa shape index (κ2) is 8.20. The topological polar surface area (TPSA) is 103 Å². The van der Waals surface area contributed by atoms with E-state index in [2.05, 4.69) is 32.2 Å². The van der Waals surface area contributed by atoms with Crippen molar-refractivity contribution in [1.82, 2.24) is 25.2 Å². The Balaban J connectivity index is 1.69. The Morgan fingerprint density at radius 2 is 2.19 bits per heavy atom. The molecule has 0 spiro atoms. The Morgan fingerprint density at radius 1 is 1.44 bits per heavy atom. The molecule has 8 heteroatoms. The molecule has 0 bridgehead atoms. The van der Waals surface area contributed by atoms with Crippen molar-refractivity contribution in [3.05, 3.63) is 30.6 Å². The molecule has 8 nitrogen and oxygen atoms in total. The van der Waals surface area contributed by atoms with Crippen molar-refractivity contribution in [3.8, 4) is 0 Å². The molecule has 27 heavy (non-hydrogen) atoms. The number of likely N-dealkylation sites (tertiary alicyclic amines) is 1. The molecule has 1 fully saturated rings. The molecule has 1 atom stereocenters. The van der Waals surface area contributed by atoms with Crippen LogP contribution >= 0.6 is 0 Å². The Morgan fingerprint density at radius 3 is 2.85 bits per heavy atom. The van der Waals surface area contributed by atoms with Crippen LogP contribution in [0.5, 0.6) is 0 Å². The van der Waals surface area contributed by atoms with E-state index in [0.717, 1.165) is 19.3 Å². The van der Waals surface area contributed by atoms with Crippen molar-refractivity contribution in [3.63, 3.8) is 0 Å². The maximum atomic E-state index is 12.5. The second-order valence-corrected chi connectivity index (χ2v) is 6.89. The molecule has 0 aliphatic carbocycles. The minimum absolute atomic E-state index is 0.0288. The summed E-state index contributed by atoms with van der Waals surface area (Å²) in [5, 5.41) is 6.33. The van der Waals surface area contributed by atoms with Gasteiger partial charge in [0.1, 0.15) is 11.3 Å². The lowest BCUT2D eigenvalue weighted by atomic mass is 10.1. The molecule has 0 unspecified atom stereocenters. The van der Waals surface area contributed by atoms with Gasteiger partial charge in [0.25, 0.3) is 5.91 Å². The largest absolute Gasteiger partial charge is 0.366 e. The van der Waals surface area contributed by atoms with E-state index < -0.39 is 0 Å². The SMILES string of the molecule is C=CC(=O)N1CCC(Nc2cnc3[nH]cc(C(=O)N[C@H](C)CC)c3n2)CC1. The van der Waals surface area contributed by atoms with E-state index in [1.807, 2.05) is 13.8 Å². The van der Waals surface area contributed by atoms with Crippen LogP contribution in [0.1, 0.15) is 43.5 Å². The molecule has 144 valence electrons. The first-order chi connectivity index (χ1) is 13.0. The fourth-order valence-corrected chi connectivity index (χ4v) is 3.12. The summed E-state index contributed by atoms with van der Waals surface area (Å²) in [5.74, 6) is 0.449. The molecule has 3 rings (SSSR count). The zero-order valence-corrected chi connectivity index (χ0v) is 15.8. The second-order valence-electron chi connectivity index (χ2n) is 6.89. The number of nitrogens with zero attached hydrogens (tertiary/aromatic N) is 3. The molecule has 1 aliphatic rings.